The van der Waals surface area contributed by atoms with Crippen molar-refractivity contribution in [3.63, 3.8) is 0 Å². The third kappa shape index (κ3) is 2.68. The predicted molar refractivity (Wildman–Crippen MR) is 71.6 cm³/mol. The van der Waals surface area contributed by atoms with Gasteiger partial charge in [0.25, 0.3) is 0 Å². The molecule has 0 atom stereocenters. The summed E-state index contributed by atoms with van der Waals surface area (Å²) in [4.78, 5) is 11.9. The SMILES string of the molecule is Cc1cccc(COC(=O)c2c(C)nsc2N)c1. The summed E-state index contributed by atoms with van der Waals surface area (Å²) in [6.07, 6.45) is 0. The molecule has 0 aliphatic carbocycles. The van der Waals surface area contributed by atoms with Crippen molar-refractivity contribution in [1.29, 1.82) is 0 Å². The lowest BCUT2D eigenvalue weighted by atomic mass is 10.1. The van der Waals surface area contributed by atoms with Crippen LogP contribution in [-0.2, 0) is 11.3 Å². The summed E-state index contributed by atoms with van der Waals surface area (Å²) in [7, 11) is 0. The summed E-state index contributed by atoms with van der Waals surface area (Å²) in [5.74, 6) is -0.416. The Morgan fingerprint density at radius 3 is 2.83 bits per heavy atom. The third-order valence-corrected chi connectivity index (χ3v) is 3.31. The lowest BCUT2D eigenvalue weighted by Crippen LogP contribution is -2.08. The van der Waals surface area contributed by atoms with Gasteiger partial charge in [-0.3, -0.25) is 0 Å². The molecule has 0 amide bonds. The van der Waals surface area contributed by atoms with Crippen molar-refractivity contribution >= 4 is 22.5 Å². The van der Waals surface area contributed by atoms with E-state index in [0.717, 1.165) is 22.7 Å². The number of hydrogen-bond donors (Lipinski definition) is 1. The monoisotopic (exact) mass is 262 g/mol. The number of anilines is 1. The Kier molecular flexibility index (Phi) is 3.62. The molecule has 0 saturated heterocycles. The van der Waals surface area contributed by atoms with Gasteiger partial charge in [-0.1, -0.05) is 29.8 Å². The zero-order chi connectivity index (χ0) is 13.1. The second-order valence-corrected chi connectivity index (χ2v) is 4.88. The molecule has 2 rings (SSSR count). The summed E-state index contributed by atoms with van der Waals surface area (Å²) in [5, 5.41) is 0.404. The Morgan fingerprint density at radius 1 is 1.44 bits per heavy atom. The van der Waals surface area contributed by atoms with Crippen LogP contribution in [0.2, 0.25) is 0 Å². The number of ether oxygens (including phenoxy) is 1. The third-order valence-electron chi connectivity index (χ3n) is 2.55. The molecule has 2 N–H and O–H groups in total. The lowest BCUT2D eigenvalue weighted by molar-refractivity contribution is 0.0473. The quantitative estimate of drug-likeness (QED) is 0.864. The molecule has 4 nitrogen and oxygen atoms in total. The number of benzene rings is 1. The highest BCUT2D eigenvalue weighted by atomic mass is 32.1. The first-order valence-corrected chi connectivity index (χ1v) is 6.29. The number of aromatic nitrogens is 1. The van der Waals surface area contributed by atoms with Gasteiger partial charge >= 0.3 is 5.97 Å². The summed E-state index contributed by atoms with van der Waals surface area (Å²) >= 11 is 1.11. The van der Waals surface area contributed by atoms with Gasteiger partial charge < -0.3 is 10.5 Å². The first kappa shape index (κ1) is 12.6. The summed E-state index contributed by atoms with van der Waals surface area (Å²) in [5.41, 5.74) is 8.79. The van der Waals surface area contributed by atoms with E-state index < -0.39 is 5.97 Å². The molecule has 5 heteroatoms. The van der Waals surface area contributed by atoms with Crippen molar-refractivity contribution in [2.75, 3.05) is 5.73 Å². The molecule has 0 spiro atoms. The number of carbonyl (C=O) groups is 1. The minimum absolute atomic E-state index is 0.245. The molecule has 2 aromatic rings. The predicted octanol–water partition coefficient (Wildman–Crippen LogP) is 2.70. The topological polar surface area (TPSA) is 65.2 Å². The highest BCUT2D eigenvalue weighted by Gasteiger charge is 2.17. The van der Waals surface area contributed by atoms with Gasteiger partial charge in [0.05, 0.1) is 5.69 Å². The first-order valence-electron chi connectivity index (χ1n) is 5.52. The smallest absolute Gasteiger partial charge is 0.343 e. The van der Waals surface area contributed by atoms with Crippen LogP contribution in [0, 0.1) is 13.8 Å². The molecule has 1 aromatic heterocycles. The van der Waals surface area contributed by atoms with E-state index in [9.17, 15) is 4.79 Å². The van der Waals surface area contributed by atoms with Gasteiger partial charge in [-0.05, 0) is 30.9 Å². The van der Waals surface area contributed by atoms with E-state index in [2.05, 4.69) is 4.37 Å². The van der Waals surface area contributed by atoms with Crippen LogP contribution in [0.25, 0.3) is 0 Å². The zero-order valence-corrected chi connectivity index (χ0v) is 11.1. The van der Waals surface area contributed by atoms with Crippen molar-refractivity contribution in [3.8, 4) is 0 Å². The van der Waals surface area contributed by atoms with Crippen molar-refractivity contribution in [3.05, 3.63) is 46.6 Å². The van der Waals surface area contributed by atoms with E-state index in [4.69, 9.17) is 10.5 Å². The first-order chi connectivity index (χ1) is 8.58. The van der Waals surface area contributed by atoms with Crippen molar-refractivity contribution < 1.29 is 9.53 Å². The Balaban J connectivity index is 2.05. The number of hydrogen-bond acceptors (Lipinski definition) is 5. The molecule has 1 aromatic carbocycles. The van der Waals surface area contributed by atoms with Gasteiger partial charge in [0.15, 0.2) is 0 Å². The van der Waals surface area contributed by atoms with E-state index >= 15 is 0 Å². The number of esters is 1. The Hall–Kier alpha value is -1.88. The van der Waals surface area contributed by atoms with Crippen molar-refractivity contribution in [1.82, 2.24) is 4.37 Å². The number of rotatable bonds is 3. The molecule has 18 heavy (non-hydrogen) atoms. The number of nitrogen functional groups attached to an aromatic ring is 1. The zero-order valence-electron chi connectivity index (χ0n) is 10.3. The highest BCUT2D eigenvalue weighted by molar-refractivity contribution is 7.10. The van der Waals surface area contributed by atoms with Crippen LogP contribution >= 0.6 is 11.5 Å². The van der Waals surface area contributed by atoms with Crippen LogP contribution in [0.3, 0.4) is 0 Å². The van der Waals surface area contributed by atoms with Crippen LogP contribution in [0.15, 0.2) is 24.3 Å². The van der Waals surface area contributed by atoms with Crippen LogP contribution in [0.1, 0.15) is 27.2 Å². The fourth-order valence-corrected chi connectivity index (χ4v) is 2.31. The minimum Gasteiger partial charge on any atom is -0.457 e. The summed E-state index contributed by atoms with van der Waals surface area (Å²) in [6, 6.07) is 7.83. The van der Waals surface area contributed by atoms with Gasteiger partial charge in [-0.25, -0.2) is 4.79 Å². The van der Waals surface area contributed by atoms with Gasteiger partial charge in [0.1, 0.15) is 17.2 Å². The largest absolute Gasteiger partial charge is 0.457 e. The summed E-state index contributed by atoms with van der Waals surface area (Å²) < 4.78 is 9.26. The molecule has 0 radical (unpaired) electrons. The van der Waals surface area contributed by atoms with Crippen LogP contribution < -0.4 is 5.73 Å². The van der Waals surface area contributed by atoms with E-state index in [1.165, 1.54) is 0 Å². The Labute approximate surface area is 110 Å². The lowest BCUT2D eigenvalue weighted by Gasteiger charge is -2.05. The molecular formula is C13H14N2O2S. The average molecular weight is 262 g/mol. The average Bonchev–Trinajstić information content (AvgIpc) is 2.66. The maximum absolute atomic E-state index is 11.9. The van der Waals surface area contributed by atoms with Gasteiger partial charge in [-0.15, -0.1) is 0 Å². The van der Waals surface area contributed by atoms with Gasteiger partial charge in [0, 0.05) is 0 Å². The van der Waals surface area contributed by atoms with Gasteiger partial charge in [-0.2, -0.15) is 4.37 Å². The van der Waals surface area contributed by atoms with E-state index in [1.54, 1.807) is 6.92 Å². The number of nitrogens with two attached hydrogens (primary N) is 1. The van der Waals surface area contributed by atoms with Crippen molar-refractivity contribution in [2.45, 2.75) is 20.5 Å². The molecule has 0 fully saturated rings. The van der Waals surface area contributed by atoms with Gasteiger partial charge in [0.2, 0.25) is 0 Å². The molecular weight excluding hydrogens is 248 g/mol. The number of nitrogens with zero attached hydrogens (tertiary/aromatic N) is 1. The second kappa shape index (κ2) is 5.18. The number of carbonyl (C=O) groups excluding carboxylic acids is 1. The molecule has 0 aliphatic rings. The van der Waals surface area contributed by atoms with E-state index in [1.807, 2.05) is 31.2 Å². The maximum atomic E-state index is 11.9. The minimum atomic E-state index is -0.416. The van der Waals surface area contributed by atoms with Crippen LogP contribution in [0.5, 0.6) is 0 Å². The molecule has 94 valence electrons. The maximum Gasteiger partial charge on any atom is 0.343 e. The van der Waals surface area contributed by atoms with E-state index in [0.29, 0.717) is 16.3 Å². The van der Waals surface area contributed by atoms with Crippen LogP contribution in [-0.4, -0.2) is 10.3 Å². The van der Waals surface area contributed by atoms with Crippen LogP contribution in [0.4, 0.5) is 5.00 Å². The molecule has 1 heterocycles. The van der Waals surface area contributed by atoms with Crippen molar-refractivity contribution in [2.24, 2.45) is 0 Å². The second-order valence-electron chi connectivity index (χ2n) is 4.07. The molecule has 0 aliphatic heterocycles. The highest BCUT2D eigenvalue weighted by Crippen LogP contribution is 2.22. The molecule has 0 unspecified atom stereocenters. The van der Waals surface area contributed by atoms with E-state index in [-0.39, 0.29) is 6.61 Å². The Morgan fingerprint density at radius 2 is 2.22 bits per heavy atom. The normalized spacial score (nSPS) is 10.3. The summed E-state index contributed by atoms with van der Waals surface area (Å²) in [6.45, 7) is 3.99. The fourth-order valence-electron chi connectivity index (χ4n) is 1.66. The standard InChI is InChI=1S/C13H14N2O2S/c1-8-4-3-5-10(6-8)7-17-13(16)11-9(2)15-18-12(11)14/h3-6H,7,14H2,1-2H3. The number of aryl methyl sites for hydroxylation is 2. The fraction of sp³-hybridized carbons (Fsp3) is 0.231. The molecule has 0 bridgehead atoms. The molecule has 0 saturated carbocycles. The Bertz CT molecular complexity index is 559.